The van der Waals surface area contributed by atoms with E-state index in [9.17, 15) is 4.79 Å². The number of benzene rings is 1. The quantitative estimate of drug-likeness (QED) is 0.780. The van der Waals surface area contributed by atoms with Gasteiger partial charge in [-0.05, 0) is 18.6 Å². The Morgan fingerprint density at radius 2 is 2.16 bits per heavy atom. The zero-order valence-electron chi connectivity index (χ0n) is 10.8. The zero-order valence-corrected chi connectivity index (χ0v) is 10.8. The summed E-state index contributed by atoms with van der Waals surface area (Å²) < 4.78 is 0. The lowest BCUT2D eigenvalue weighted by atomic mass is 10.0. The third kappa shape index (κ3) is 2.21. The highest BCUT2D eigenvalue weighted by Gasteiger charge is 2.23. The molecule has 0 fully saturated rings. The summed E-state index contributed by atoms with van der Waals surface area (Å²) in [5.41, 5.74) is 3.91. The molecule has 0 saturated carbocycles. The molecule has 0 N–H and O–H groups in total. The number of nitrogens with zero attached hydrogens (tertiary/aromatic N) is 3. The van der Waals surface area contributed by atoms with Crippen LogP contribution in [0, 0.1) is 6.92 Å². The van der Waals surface area contributed by atoms with E-state index in [1.54, 1.807) is 12.5 Å². The van der Waals surface area contributed by atoms with Crippen molar-refractivity contribution < 1.29 is 4.79 Å². The molecule has 3 rings (SSSR count). The standard InChI is InChI=1S/C15H15N3O/c1-11-4-2-3-5-13(11)15(19)18-7-6-14-12(9-18)8-16-10-17-14/h2-5,8,10H,6-7,9H2,1H3. The van der Waals surface area contributed by atoms with Gasteiger partial charge in [0.1, 0.15) is 6.33 Å². The van der Waals surface area contributed by atoms with Crippen LogP contribution in [0.1, 0.15) is 27.2 Å². The molecule has 4 heteroatoms. The van der Waals surface area contributed by atoms with Gasteiger partial charge in [-0.2, -0.15) is 0 Å². The van der Waals surface area contributed by atoms with Crippen LogP contribution in [0.15, 0.2) is 36.8 Å². The second kappa shape index (κ2) is 4.80. The predicted octanol–water partition coefficient (Wildman–Crippen LogP) is 1.98. The van der Waals surface area contributed by atoms with E-state index in [4.69, 9.17) is 0 Å². The van der Waals surface area contributed by atoms with Crippen molar-refractivity contribution in [2.75, 3.05) is 6.54 Å². The van der Waals surface area contributed by atoms with Crippen LogP contribution in [-0.4, -0.2) is 27.3 Å². The Morgan fingerprint density at radius 1 is 1.32 bits per heavy atom. The molecule has 1 aliphatic heterocycles. The van der Waals surface area contributed by atoms with E-state index in [1.807, 2.05) is 36.1 Å². The van der Waals surface area contributed by atoms with Crippen molar-refractivity contribution in [1.29, 1.82) is 0 Å². The molecule has 2 aromatic rings. The average Bonchev–Trinajstić information content (AvgIpc) is 2.46. The molecule has 0 spiro atoms. The molecule has 1 amide bonds. The summed E-state index contributed by atoms with van der Waals surface area (Å²) in [4.78, 5) is 22.7. The van der Waals surface area contributed by atoms with Crippen LogP contribution >= 0.6 is 0 Å². The largest absolute Gasteiger partial charge is 0.334 e. The van der Waals surface area contributed by atoms with Crippen LogP contribution in [0.25, 0.3) is 0 Å². The summed E-state index contributed by atoms with van der Waals surface area (Å²) in [5.74, 6) is 0.0904. The Bertz CT molecular complexity index is 624. The van der Waals surface area contributed by atoms with Gasteiger partial charge in [-0.25, -0.2) is 9.97 Å². The van der Waals surface area contributed by atoms with Crippen molar-refractivity contribution in [2.24, 2.45) is 0 Å². The number of amides is 1. The number of carbonyl (C=O) groups is 1. The van der Waals surface area contributed by atoms with Gasteiger partial charge in [-0.1, -0.05) is 18.2 Å². The van der Waals surface area contributed by atoms with Crippen molar-refractivity contribution >= 4 is 5.91 Å². The molecular weight excluding hydrogens is 238 g/mol. The highest BCUT2D eigenvalue weighted by Crippen LogP contribution is 2.19. The summed E-state index contributed by atoms with van der Waals surface area (Å²) in [5, 5.41) is 0. The van der Waals surface area contributed by atoms with Crippen LogP contribution < -0.4 is 0 Å². The Kier molecular flexibility index (Phi) is 2.99. The fourth-order valence-electron chi connectivity index (χ4n) is 2.42. The molecule has 96 valence electrons. The van der Waals surface area contributed by atoms with Crippen molar-refractivity contribution in [3.63, 3.8) is 0 Å². The second-order valence-corrected chi connectivity index (χ2v) is 4.79. The summed E-state index contributed by atoms with van der Waals surface area (Å²) in [6.07, 6.45) is 4.17. The first kappa shape index (κ1) is 11.8. The lowest BCUT2D eigenvalue weighted by Gasteiger charge is -2.28. The van der Waals surface area contributed by atoms with Gasteiger partial charge in [-0.15, -0.1) is 0 Å². The molecule has 2 heterocycles. The molecule has 19 heavy (non-hydrogen) atoms. The van der Waals surface area contributed by atoms with Gasteiger partial charge in [0.25, 0.3) is 5.91 Å². The van der Waals surface area contributed by atoms with Crippen molar-refractivity contribution in [1.82, 2.24) is 14.9 Å². The molecule has 0 aliphatic carbocycles. The lowest BCUT2D eigenvalue weighted by Crippen LogP contribution is -2.36. The van der Waals surface area contributed by atoms with E-state index >= 15 is 0 Å². The monoisotopic (exact) mass is 253 g/mol. The molecule has 1 aliphatic rings. The normalized spacial score (nSPS) is 14.1. The minimum atomic E-state index is 0.0904. The minimum Gasteiger partial charge on any atom is -0.334 e. The molecule has 0 unspecified atom stereocenters. The first-order chi connectivity index (χ1) is 9.25. The van der Waals surface area contributed by atoms with Crippen LogP contribution in [-0.2, 0) is 13.0 Å². The Hall–Kier alpha value is -2.23. The minimum absolute atomic E-state index is 0.0904. The molecular formula is C15H15N3O. The van der Waals surface area contributed by atoms with Gasteiger partial charge in [0.15, 0.2) is 0 Å². The molecule has 0 saturated heterocycles. The molecule has 0 bridgehead atoms. The summed E-state index contributed by atoms with van der Waals surface area (Å²) in [6.45, 7) is 3.29. The van der Waals surface area contributed by atoms with Gasteiger partial charge in [0, 0.05) is 36.8 Å². The maximum Gasteiger partial charge on any atom is 0.254 e. The number of hydrogen-bond acceptors (Lipinski definition) is 3. The van der Waals surface area contributed by atoms with E-state index in [0.29, 0.717) is 6.54 Å². The van der Waals surface area contributed by atoms with E-state index in [1.165, 1.54) is 0 Å². The highest BCUT2D eigenvalue weighted by molar-refractivity contribution is 5.95. The summed E-state index contributed by atoms with van der Waals surface area (Å²) in [7, 11) is 0. The number of aryl methyl sites for hydroxylation is 1. The van der Waals surface area contributed by atoms with Gasteiger partial charge < -0.3 is 4.90 Å². The van der Waals surface area contributed by atoms with Gasteiger partial charge in [-0.3, -0.25) is 4.79 Å². The molecule has 1 aromatic heterocycles. The zero-order chi connectivity index (χ0) is 13.2. The summed E-state index contributed by atoms with van der Waals surface area (Å²) >= 11 is 0. The fraction of sp³-hybridized carbons (Fsp3) is 0.267. The van der Waals surface area contributed by atoms with E-state index in [0.717, 1.165) is 35.3 Å². The molecule has 0 radical (unpaired) electrons. The maximum absolute atomic E-state index is 12.5. The van der Waals surface area contributed by atoms with Crippen LogP contribution in [0.5, 0.6) is 0 Å². The maximum atomic E-state index is 12.5. The topological polar surface area (TPSA) is 46.1 Å². The third-order valence-electron chi connectivity index (χ3n) is 3.52. The van der Waals surface area contributed by atoms with Crippen LogP contribution in [0.2, 0.25) is 0 Å². The summed E-state index contributed by atoms with van der Waals surface area (Å²) in [6, 6.07) is 7.70. The predicted molar refractivity (Wildman–Crippen MR) is 71.7 cm³/mol. The van der Waals surface area contributed by atoms with Crippen molar-refractivity contribution in [3.8, 4) is 0 Å². The van der Waals surface area contributed by atoms with Gasteiger partial charge in [0.05, 0.1) is 5.69 Å². The van der Waals surface area contributed by atoms with Gasteiger partial charge >= 0.3 is 0 Å². The smallest absolute Gasteiger partial charge is 0.254 e. The number of aromatic nitrogens is 2. The van der Waals surface area contributed by atoms with E-state index in [-0.39, 0.29) is 5.91 Å². The van der Waals surface area contributed by atoms with Gasteiger partial charge in [0.2, 0.25) is 0 Å². The third-order valence-corrected chi connectivity index (χ3v) is 3.52. The fourth-order valence-corrected chi connectivity index (χ4v) is 2.42. The van der Waals surface area contributed by atoms with Crippen molar-refractivity contribution in [2.45, 2.75) is 19.9 Å². The second-order valence-electron chi connectivity index (χ2n) is 4.79. The Balaban J connectivity index is 1.86. The average molecular weight is 253 g/mol. The number of fused-ring (bicyclic) bond motifs is 1. The SMILES string of the molecule is Cc1ccccc1C(=O)N1CCc2ncncc2C1. The highest BCUT2D eigenvalue weighted by atomic mass is 16.2. The molecule has 1 aromatic carbocycles. The van der Waals surface area contributed by atoms with Crippen molar-refractivity contribution in [3.05, 3.63) is 59.2 Å². The molecule has 0 atom stereocenters. The Labute approximate surface area is 112 Å². The van der Waals surface area contributed by atoms with E-state index < -0.39 is 0 Å². The first-order valence-corrected chi connectivity index (χ1v) is 6.38. The van der Waals surface area contributed by atoms with Crippen LogP contribution in [0.3, 0.4) is 0 Å². The first-order valence-electron chi connectivity index (χ1n) is 6.38. The number of carbonyl (C=O) groups excluding carboxylic acids is 1. The number of hydrogen-bond donors (Lipinski definition) is 0. The van der Waals surface area contributed by atoms with E-state index in [2.05, 4.69) is 9.97 Å². The van der Waals surface area contributed by atoms with Crippen LogP contribution in [0.4, 0.5) is 0 Å². The lowest BCUT2D eigenvalue weighted by molar-refractivity contribution is 0.0732. The Morgan fingerprint density at radius 3 is 3.00 bits per heavy atom. The number of rotatable bonds is 1. The molecule has 4 nitrogen and oxygen atoms in total.